The Morgan fingerprint density at radius 1 is 1.60 bits per heavy atom. The van der Waals surface area contributed by atoms with Gasteiger partial charge in [0.15, 0.2) is 0 Å². The third kappa shape index (κ3) is 3.16. The molecule has 4 heteroatoms. The first-order chi connectivity index (χ1) is 7.17. The SMILES string of the molecule is CC[C@H](Nc1cccc(OC)c1)C(=O)O. The second kappa shape index (κ2) is 5.24. The first-order valence-electron chi connectivity index (χ1n) is 4.80. The monoisotopic (exact) mass is 209 g/mol. The number of carboxylic acid groups (broad SMARTS) is 1. The van der Waals surface area contributed by atoms with Crippen LogP contribution in [0, 0.1) is 0 Å². The Hall–Kier alpha value is -1.71. The van der Waals surface area contributed by atoms with Gasteiger partial charge in [0.25, 0.3) is 0 Å². The van der Waals surface area contributed by atoms with Gasteiger partial charge in [0.2, 0.25) is 0 Å². The number of carbonyl (C=O) groups is 1. The van der Waals surface area contributed by atoms with Crippen LogP contribution in [0.4, 0.5) is 5.69 Å². The molecule has 82 valence electrons. The van der Waals surface area contributed by atoms with Crippen molar-refractivity contribution in [2.75, 3.05) is 12.4 Å². The Balaban J connectivity index is 2.74. The Bertz CT molecular complexity index is 338. The van der Waals surface area contributed by atoms with Crippen molar-refractivity contribution in [3.05, 3.63) is 24.3 Å². The minimum Gasteiger partial charge on any atom is -0.497 e. The molecule has 1 rings (SSSR count). The molecular formula is C11H15NO3. The van der Waals surface area contributed by atoms with Gasteiger partial charge in [-0.1, -0.05) is 13.0 Å². The van der Waals surface area contributed by atoms with Crippen molar-refractivity contribution in [1.82, 2.24) is 0 Å². The lowest BCUT2D eigenvalue weighted by Gasteiger charge is -2.14. The highest BCUT2D eigenvalue weighted by Crippen LogP contribution is 2.17. The molecule has 0 radical (unpaired) electrons. The van der Waals surface area contributed by atoms with Gasteiger partial charge in [0.05, 0.1) is 7.11 Å². The van der Waals surface area contributed by atoms with Gasteiger partial charge >= 0.3 is 5.97 Å². The largest absolute Gasteiger partial charge is 0.497 e. The molecule has 0 saturated carbocycles. The fourth-order valence-electron chi connectivity index (χ4n) is 1.25. The van der Waals surface area contributed by atoms with Crippen molar-refractivity contribution in [2.45, 2.75) is 19.4 Å². The van der Waals surface area contributed by atoms with E-state index in [4.69, 9.17) is 9.84 Å². The first-order valence-corrected chi connectivity index (χ1v) is 4.80. The summed E-state index contributed by atoms with van der Waals surface area (Å²) in [4.78, 5) is 10.8. The average Bonchev–Trinajstić information content (AvgIpc) is 2.25. The molecule has 1 aromatic carbocycles. The molecule has 1 atom stereocenters. The maximum absolute atomic E-state index is 10.8. The summed E-state index contributed by atoms with van der Waals surface area (Å²) in [6.45, 7) is 1.83. The first kappa shape index (κ1) is 11.4. The van der Waals surface area contributed by atoms with Gasteiger partial charge < -0.3 is 15.2 Å². The third-order valence-electron chi connectivity index (χ3n) is 2.12. The molecular weight excluding hydrogens is 194 g/mol. The number of carboxylic acids is 1. The van der Waals surface area contributed by atoms with Gasteiger partial charge in [-0.15, -0.1) is 0 Å². The van der Waals surface area contributed by atoms with Gasteiger partial charge in [-0.25, -0.2) is 4.79 Å². The zero-order chi connectivity index (χ0) is 11.3. The smallest absolute Gasteiger partial charge is 0.326 e. The van der Waals surface area contributed by atoms with E-state index < -0.39 is 12.0 Å². The third-order valence-corrected chi connectivity index (χ3v) is 2.12. The predicted octanol–water partition coefficient (Wildman–Crippen LogP) is 1.97. The maximum atomic E-state index is 10.8. The number of nitrogens with one attached hydrogen (secondary N) is 1. The molecule has 0 heterocycles. The lowest BCUT2D eigenvalue weighted by molar-refractivity contribution is -0.137. The fourth-order valence-corrected chi connectivity index (χ4v) is 1.25. The second-order valence-electron chi connectivity index (χ2n) is 3.18. The highest BCUT2D eigenvalue weighted by atomic mass is 16.5. The Labute approximate surface area is 88.9 Å². The maximum Gasteiger partial charge on any atom is 0.326 e. The van der Waals surface area contributed by atoms with E-state index in [0.29, 0.717) is 12.2 Å². The molecule has 0 aromatic heterocycles. The highest BCUT2D eigenvalue weighted by molar-refractivity contribution is 5.77. The van der Waals surface area contributed by atoms with Crippen molar-refractivity contribution in [3.8, 4) is 5.75 Å². The van der Waals surface area contributed by atoms with Crippen LogP contribution in [0.3, 0.4) is 0 Å². The molecule has 4 nitrogen and oxygen atoms in total. The second-order valence-corrected chi connectivity index (χ2v) is 3.18. The average molecular weight is 209 g/mol. The summed E-state index contributed by atoms with van der Waals surface area (Å²) in [5.41, 5.74) is 0.753. The van der Waals surface area contributed by atoms with Crippen LogP contribution in [0.25, 0.3) is 0 Å². The van der Waals surface area contributed by atoms with Gasteiger partial charge in [0.1, 0.15) is 11.8 Å². The molecule has 0 aliphatic carbocycles. The Morgan fingerprint density at radius 3 is 2.87 bits per heavy atom. The molecule has 0 fully saturated rings. The van der Waals surface area contributed by atoms with Crippen molar-refractivity contribution >= 4 is 11.7 Å². The molecule has 0 aliphatic rings. The van der Waals surface area contributed by atoms with Crippen LogP contribution < -0.4 is 10.1 Å². The molecule has 15 heavy (non-hydrogen) atoms. The number of hydrogen-bond acceptors (Lipinski definition) is 3. The minimum absolute atomic E-state index is 0.534. The van der Waals surface area contributed by atoms with Crippen molar-refractivity contribution in [3.63, 3.8) is 0 Å². The van der Waals surface area contributed by atoms with Gasteiger partial charge in [0, 0.05) is 11.8 Å². The molecule has 0 saturated heterocycles. The van der Waals surface area contributed by atoms with Crippen molar-refractivity contribution in [2.24, 2.45) is 0 Å². The van der Waals surface area contributed by atoms with E-state index in [0.717, 1.165) is 5.69 Å². The summed E-state index contributed by atoms with van der Waals surface area (Å²) < 4.78 is 5.04. The van der Waals surface area contributed by atoms with Crippen molar-refractivity contribution < 1.29 is 14.6 Å². The van der Waals surface area contributed by atoms with Crippen LogP contribution in [-0.4, -0.2) is 24.2 Å². The Kier molecular flexibility index (Phi) is 3.97. The summed E-state index contributed by atoms with van der Waals surface area (Å²) in [6, 6.07) is 6.65. The number of hydrogen-bond donors (Lipinski definition) is 2. The zero-order valence-electron chi connectivity index (χ0n) is 8.86. The van der Waals surface area contributed by atoms with Crippen LogP contribution in [0.15, 0.2) is 24.3 Å². The molecule has 2 N–H and O–H groups in total. The van der Waals surface area contributed by atoms with E-state index in [1.165, 1.54) is 0 Å². The number of methoxy groups -OCH3 is 1. The molecule has 1 aromatic rings. The van der Waals surface area contributed by atoms with E-state index in [1.807, 2.05) is 25.1 Å². The summed E-state index contributed by atoms with van der Waals surface area (Å²) in [6.07, 6.45) is 0.534. The number of aliphatic carboxylic acids is 1. The quantitative estimate of drug-likeness (QED) is 0.778. The van der Waals surface area contributed by atoms with E-state index in [1.54, 1.807) is 13.2 Å². The topological polar surface area (TPSA) is 58.6 Å². The standard InChI is InChI=1S/C11H15NO3/c1-3-10(11(13)14)12-8-5-4-6-9(7-8)15-2/h4-7,10,12H,3H2,1-2H3,(H,13,14)/t10-/m0/s1. The Morgan fingerprint density at radius 2 is 2.33 bits per heavy atom. The molecule has 0 bridgehead atoms. The van der Waals surface area contributed by atoms with E-state index in [2.05, 4.69) is 5.32 Å². The van der Waals surface area contributed by atoms with Gasteiger partial charge in [-0.2, -0.15) is 0 Å². The number of anilines is 1. The van der Waals surface area contributed by atoms with Crippen LogP contribution in [0.5, 0.6) is 5.75 Å². The van der Waals surface area contributed by atoms with Crippen LogP contribution in [0.2, 0.25) is 0 Å². The van der Waals surface area contributed by atoms with E-state index >= 15 is 0 Å². The lowest BCUT2D eigenvalue weighted by atomic mass is 10.2. The van der Waals surface area contributed by atoms with Crippen LogP contribution >= 0.6 is 0 Å². The van der Waals surface area contributed by atoms with Gasteiger partial charge in [-0.3, -0.25) is 0 Å². The minimum atomic E-state index is -0.847. The summed E-state index contributed by atoms with van der Waals surface area (Å²) in [5, 5.41) is 11.8. The van der Waals surface area contributed by atoms with Gasteiger partial charge in [-0.05, 0) is 18.6 Å². The molecule has 0 aliphatic heterocycles. The molecule has 0 unspecified atom stereocenters. The predicted molar refractivity (Wildman–Crippen MR) is 58.3 cm³/mol. The number of benzene rings is 1. The number of ether oxygens (including phenoxy) is 1. The van der Waals surface area contributed by atoms with Crippen LogP contribution in [-0.2, 0) is 4.79 Å². The fraction of sp³-hybridized carbons (Fsp3) is 0.364. The zero-order valence-corrected chi connectivity index (χ0v) is 8.86. The van der Waals surface area contributed by atoms with Crippen LogP contribution in [0.1, 0.15) is 13.3 Å². The van der Waals surface area contributed by atoms with E-state index in [-0.39, 0.29) is 0 Å². The molecule has 0 amide bonds. The highest BCUT2D eigenvalue weighted by Gasteiger charge is 2.14. The lowest BCUT2D eigenvalue weighted by Crippen LogP contribution is -2.28. The van der Waals surface area contributed by atoms with E-state index in [9.17, 15) is 4.79 Å². The summed E-state index contributed by atoms with van der Waals surface area (Å²) in [7, 11) is 1.58. The summed E-state index contributed by atoms with van der Waals surface area (Å²) >= 11 is 0. The molecule has 0 spiro atoms. The number of rotatable bonds is 5. The van der Waals surface area contributed by atoms with Crippen molar-refractivity contribution in [1.29, 1.82) is 0 Å². The summed E-state index contributed by atoms with van der Waals surface area (Å²) in [5.74, 6) is -0.138. The normalized spacial score (nSPS) is 11.9.